The second-order valence-electron chi connectivity index (χ2n) is 6.82. The number of thiazole rings is 1. The van der Waals surface area contributed by atoms with E-state index in [1.54, 1.807) is 16.7 Å². The summed E-state index contributed by atoms with van der Waals surface area (Å²) in [4.78, 5) is 20.6. The lowest BCUT2D eigenvalue weighted by Crippen LogP contribution is -2.38. The van der Waals surface area contributed by atoms with E-state index in [0.29, 0.717) is 22.5 Å². The van der Waals surface area contributed by atoms with Crippen LogP contribution in [0.15, 0.2) is 47.4 Å². The number of thioether (sulfide) groups is 1. The summed E-state index contributed by atoms with van der Waals surface area (Å²) >= 11 is 9.34. The van der Waals surface area contributed by atoms with E-state index in [9.17, 15) is 4.79 Å². The Morgan fingerprint density at radius 2 is 2.14 bits per heavy atom. The van der Waals surface area contributed by atoms with Crippen LogP contribution in [0.3, 0.4) is 0 Å². The monoisotopic (exact) mass is 432 g/mol. The van der Waals surface area contributed by atoms with Crippen molar-refractivity contribution in [3.63, 3.8) is 0 Å². The van der Waals surface area contributed by atoms with Gasteiger partial charge >= 0.3 is 0 Å². The molecule has 7 heteroatoms. The Labute approximate surface area is 177 Å². The van der Waals surface area contributed by atoms with Gasteiger partial charge in [0, 0.05) is 11.5 Å². The number of halogens is 1. The molecule has 0 saturated carbocycles. The third-order valence-electron chi connectivity index (χ3n) is 4.68. The van der Waals surface area contributed by atoms with Crippen molar-refractivity contribution in [2.24, 2.45) is 0 Å². The van der Waals surface area contributed by atoms with E-state index >= 15 is 0 Å². The van der Waals surface area contributed by atoms with E-state index in [1.165, 1.54) is 16.9 Å². The lowest BCUT2D eigenvalue weighted by Gasteiger charge is -2.23. The predicted octanol–water partition coefficient (Wildman–Crippen LogP) is 5.56. The maximum absolute atomic E-state index is 13.1. The van der Waals surface area contributed by atoms with E-state index in [2.05, 4.69) is 36.2 Å². The molecule has 1 aliphatic heterocycles. The molecular weight excluding hydrogens is 412 g/mol. The van der Waals surface area contributed by atoms with E-state index in [1.807, 2.05) is 18.2 Å². The van der Waals surface area contributed by atoms with Crippen molar-refractivity contribution in [1.82, 2.24) is 4.98 Å². The zero-order chi connectivity index (χ0) is 19.5. The Balaban J connectivity index is 1.55. The standard InChI is InChI=1S/C21H21ClN2O2S2/c1-14-7-9-16(10-8-14)27-13-19(25)24(12-15-4-3-11-26-15)21-23-20-17(22)5-2-6-18(20)28-21/h2,5-10,15H,3-4,11-13H2,1H3. The number of carbonyl (C=O) groups excluding carboxylic acids is 1. The minimum absolute atomic E-state index is 0.0382. The minimum Gasteiger partial charge on any atom is -0.376 e. The fourth-order valence-electron chi connectivity index (χ4n) is 3.15. The fourth-order valence-corrected chi connectivity index (χ4v) is 5.22. The molecule has 0 aliphatic carbocycles. The number of nitrogens with zero attached hydrogens (tertiary/aromatic N) is 2. The van der Waals surface area contributed by atoms with Gasteiger partial charge in [-0.1, -0.05) is 46.7 Å². The summed E-state index contributed by atoms with van der Waals surface area (Å²) in [5.74, 6) is 0.399. The topological polar surface area (TPSA) is 42.4 Å². The Morgan fingerprint density at radius 3 is 2.86 bits per heavy atom. The molecule has 4 nitrogen and oxygen atoms in total. The van der Waals surface area contributed by atoms with Gasteiger partial charge in [-0.2, -0.15) is 0 Å². The molecule has 1 aliphatic rings. The molecule has 28 heavy (non-hydrogen) atoms. The first kappa shape index (κ1) is 19.7. The molecule has 1 atom stereocenters. The maximum Gasteiger partial charge on any atom is 0.239 e. The van der Waals surface area contributed by atoms with Crippen molar-refractivity contribution in [1.29, 1.82) is 0 Å². The van der Waals surface area contributed by atoms with E-state index < -0.39 is 0 Å². The van der Waals surface area contributed by atoms with Gasteiger partial charge in [0.15, 0.2) is 5.13 Å². The van der Waals surface area contributed by atoms with Crippen LogP contribution in [0.25, 0.3) is 10.2 Å². The number of aryl methyl sites for hydroxylation is 1. The highest BCUT2D eigenvalue weighted by molar-refractivity contribution is 8.00. The summed E-state index contributed by atoms with van der Waals surface area (Å²) < 4.78 is 6.76. The molecule has 2 heterocycles. The number of ether oxygens (including phenoxy) is 1. The summed E-state index contributed by atoms with van der Waals surface area (Å²) in [6.07, 6.45) is 2.08. The van der Waals surface area contributed by atoms with Crippen molar-refractivity contribution >= 4 is 56.0 Å². The molecule has 0 bridgehead atoms. The summed E-state index contributed by atoms with van der Waals surface area (Å²) in [7, 11) is 0. The Kier molecular flexibility index (Phi) is 6.21. The number of fused-ring (bicyclic) bond motifs is 1. The normalized spacial score (nSPS) is 16.6. The average Bonchev–Trinajstić information content (AvgIpc) is 3.35. The van der Waals surface area contributed by atoms with Gasteiger partial charge in [-0.25, -0.2) is 4.98 Å². The van der Waals surface area contributed by atoms with E-state index in [0.717, 1.165) is 34.6 Å². The van der Waals surface area contributed by atoms with Crippen LogP contribution in [0, 0.1) is 6.92 Å². The van der Waals surface area contributed by atoms with Crippen LogP contribution in [0.5, 0.6) is 0 Å². The molecule has 0 N–H and O–H groups in total. The molecular formula is C21H21ClN2O2S2. The summed E-state index contributed by atoms with van der Waals surface area (Å²) in [6, 6.07) is 13.9. The number of carbonyl (C=O) groups is 1. The second-order valence-corrected chi connectivity index (χ2v) is 9.29. The molecule has 1 unspecified atom stereocenters. The molecule has 1 amide bonds. The first-order valence-electron chi connectivity index (χ1n) is 9.26. The Hall–Kier alpha value is -1.60. The Morgan fingerprint density at radius 1 is 1.32 bits per heavy atom. The van der Waals surface area contributed by atoms with Crippen LogP contribution in [0.2, 0.25) is 5.02 Å². The summed E-state index contributed by atoms with van der Waals surface area (Å²) in [6.45, 7) is 3.35. The molecule has 146 valence electrons. The van der Waals surface area contributed by atoms with Crippen molar-refractivity contribution in [2.75, 3.05) is 23.8 Å². The largest absolute Gasteiger partial charge is 0.376 e. The van der Waals surface area contributed by atoms with Gasteiger partial charge in [-0.05, 0) is 44.0 Å². The van der Waals surface area contributed by atoms with Crippen molar-refractivity contribution in [2.45, 2.75) is 30.8 Å². The second kappa shape index (κ2) is 8.82. The van der Waals surface area contributed by atoms with E-state index in [-0.39, 0.29) is 12.0 Å². The number of amides is 1. The fraction of sp³-hybridized carbons (Fsp3) is 0.333. The van der Waals surface area contributed by atoms with Gasteiger partial charge in [-0.15, -0.1) is 11.8 Å². The highest BCUT2D eigenvalue weighted by Gasteiger charge is 2.26. The van der Waals surface area contributed by atoms with Gasteiger partial charge in [0.25, 0.3) is 0 Å². The quantitative estimate of drug-likeness (QED) is 0.478. The molecule has 2 aromatic carbocycles. The highest BCUT2D eigenvalue weighted by Crippen LogP contribution is 2.34. The van der Waals surface area contributed by atoms with Crippen LogP contribution < -0.4 is 4.90 Å². The van der Waals surface area contributed by atoms with Gasteiger partial charge in [0.2, 0.25) is 5.91 Å². The first-order chi connectivity index (χ1) is 13.6. The molecule has 0 radical (unpaired) electrons. The van der Waals surface area contributed by atoms with Gasteiger partial charge < -0.3 is 4.74 Å². The number of hydrogen-bond donors (Lipinski definition) is 0. The number of benzene rings is 2. The summed E-state index contributed by atoms with van der Waals surface area (Å²) in [5.41, 5.74) is 1.96. The molecule has 1 fully saturated rings. The number of anilines is 1. The molecule has 1 saturated heterocycles. The van der Waals surface area contributed by atoms with Crippen molar-refractivity contribution < 1.29 is 9.53 Å². The lowest BCUT2D eigenvalue weighted by molar-refractivity contribution is -0.116. The zero-order valence-electron chi connectivity index (χ0n) is 15.6. The van der Waals surface area contributed by atoms with Crippen LogP contribution in [0.4, 0.5) is 5.13 Å². The number of hydrogen-bond acceptors (Lipinski definition) is 5. The predicted molar refractivity (Wildman–Crippen MR) is 118 cm³/mol. The Bertz CT molecular complexity index is 968. The van der Waals surface area contributed by atoms with Crippen molar-refractivity contribution in [3.05, 3.63) is 53.1 Å². The molecule has 0 spiro atoms. The number of para-hydroxylation sites is 1. The highest BCUT2D eigenvalue weighted by atomic mass is 35.5. The minimum atomic E-state index is 0.0382. The van der Waals surface area contributed by atoms with Crippen molar-refractivity contribution in [3.8, 4) is 0 Å². The van der Waals surface area contributed by atoms with Gasteiger partial charge in [0.1, 0.15) is 5.52 Å². The zero-order valence-corrected chi connectivity index (χ0v) is 17.9. The lowest BCUT2D eigenvalue weighted by atomic mass is 10.2. The number of rotatable bonds is 6. The van der Waals surface area contributed by atoms with Crippen LogP contribution in [-0.4, -0.2) is 35.9 Å². The first-order valence-corrected chi connectivity index (χ1v) is 11.4. The summed E-state index contributed by atoms with van der Waals surface area (Å²) in [5, 5.41) is 1.30. The SMILES string of the molecule is Cc1ccc(SCC(=O)N(CC2CCCO2)c2nc3c(Cl)cccc3s2)cc1. The smallest absolute Gasteiger partial charge is 0.239 e. The van der Waals surface area contributed by atoms with E-state index in [4.69, 9.17) is 16.3 Å². The number of aromatic nitrogens is 1. The van der Waals surface area contributed by atoms with Crippen LogP contribution in [-0.2, 0) is 9.53 Å². The third kappa shape index (κ3) is 4.51. The molecule has 1 aromatic heterocycles. The van der Waals surface area contributed by atoms with Crippen LogP contribution >= 0.6 is 34.7 Å². The maximum atomic E-state index is 13.1. The molecule has 3 aromatic rings. The third-order valence-corrected chi connectivity index (χ3v) is 7.03. The molecule has 4 rings (SSSR count). The van der Waals surface area contributed by atoms with Crippen LogP contribution in [0.1, 0.15) is 18.4 Å². The van der Waals surface area contributed by atoms with Gasteiger partial charge in [0.05, 0.1) is 28.1 Å². The van der Waals surface area contributed by atoms with Gasteiger partial charge in [-0.3, -0.25) is 9.69 Å². The average molecular weight is 433 g/mol.